The molecule has 1 aliphatic heterocycles. The van der Waals surface area contributed by atoms with Crippen molar-refractivity contribution in [2.45, 2.75) is 6.04 Å². The van der Waals surface area contributed by atoms with E-state index in [2.05, 4.69) is 21.2 Å². The van der Waals surface area contributed by atoms with Gasteiger partial charge in [0.15, 0.2) is 11.5 Å². The van der Waals surface area contributed by atoms with Gasteiger partial charge in [-0.15, -0.1) is 0 Å². The predicted octanol–water partition coefficient (Wildman–Crippen LogP) is 5.31. The van der Waals surface area contributed by atoms with Crippen LogP contribution in [0.1, 0.15) is 27.5 Å². The van der Waals surface area contributed by atoms with E-state index in [1.807, 2.05) is 24.3 Å². The van der Waals surface area contributed by atoms with E-state index in [0.717, 1.165) is 15.6 Å². The van der Waals surface area contributed by atoms with Gasteiger partial charge in [0.2, 0.25) is 11.7 Å². The summed E-state index contributed by atoms with van der Waals surface area (Å²) in [4.78, 5) is 28.4. The second kappa shape index (κ2) is 9.95. The third-order valence-electron chi connectivity index (χ3n) is 5.57. The van der Waals surface area contributed by atoms with E-state index >= 15 is 0 Å². The van der Waals surface area contributed by atoms with Gasteiger partial charge in [0.1, 0.15) is 6.54 Å². The van der Waals surface area contributed by atoms with Crippen molar-refractivity contribution in [1.82, 2.24) is 4.90 Å². The number of ether oxygens (including phenoxy) is 3. The van der Waals surface area contributed by atoms with Crippen molar-refractivity contribution in [3.8, 4) is 17.2 Å². The minimum absolute atomic E-state index is 0.181. The Morgan fingerprint density at radius 3 is 2.47 bits per heavy atom. The molecule has 0 bridgehead atoms. The Morgan fingerprint density at radius 1 is 1.03 bits per heavy atom. The molecule has 1 atom stereocenters. The monoisotopic (exact) mass is 544 g/mol. The Balaban J connectivity index is 1.93. The van der Waals surface area contributed by atoms with Crippen LogP contribution in [0.2, 0.25) is 5.02 Å². The lowest BCUT2D eigenvalue weighted by molar-refractivity contribution is -0.117. The molecule has 0 radical (unpaired) electrons. The van der Waals surface area contributed by atoms with Gasteiger partial charge in [0, 0.05) is 20.7 Å². The van der Waals surface area contributed by atoms with Crippen molar-refractivity contribution in [2.24, 2.45) is 0 Å². The van der Waals surface area contributed by atoms with E-state index in [1.165, 1.54) is 26.2 Å². The van der Waals surface area contributed by atoms with E-state index in [-0.39, 0.29) is 29.5 Å². The normalized spacial score (nSPS) is 15.1. The van der Waals surface area contributed by atoms with Crippen LogP contribution in [0.25, 0.3) is 0 Å². The van der Waals surface area contributed by atoms with E-state index in [1.54, 1.807) is 30.3 Å². The fourth-order valence-electron chi connectivity index (χ4n) is 4.13. The molecule has 9 heteroatoms. The third kappa shape index (κ3) is 4.43. The highest BCUT2D eigenvalue weighted by Gasteiger charge is 2.36. The largest absolute Gasteiger partial charge is 0.493 e. The fraction of sp³-hybridized carbons (Fsp3) is 0.200. The molecule has 0 saturated heterocycles. The molecule has 0 fully saturated rings. The average Bonchev–Trinajstić information content (AvgIpc) is 2.97. The SMILES string of the molecule is COc1ccc(C(=O)N2CC(=O)Nc3ccc(Br)cc3[C@H]2c2cccc(Cl)c2)c(OC)c1OC. The van der Waals surface area contributed by atoms with E-state index in [9.17, 15) is 9.59 Å². The molecular weight excluding hydrogens is 524 g/mol. The lowest BCUT2D eigenvalue weighted by Gasteiger charge is -2.31. The highest BCUT2D eigenvalue weighted by Crippen LogP contribution is 2.43. The van der Waals surface area contributed by atoms with Gasteiger partial charge >= 0.3 is 0 Å². The molecule has 0 unspecified atom stereocenters. The molecule has 0 aromatic heterocycles. The standard InChI is InChI=1S/C25H22BrClN2O5/c1-32-20-10-8-17(23(33-2)24(20)34-3)25(31)29-13-21(30)28-19-9-7-15(26)12-18(19)22(29)14-5-4-6-16(27)11-14/h4-12,22H,13H2,1-3H3,(H,28,30)/t22-/m1/s1. The average molecular weight is 546 g/mol. The maximum atomic E-state index is 14.0. The molecule has 1 heterocycles. The van der Waals surface area contributed by atoms with Crippen molar-refractivity contribution in [2.75, 3.05) is 33.2 Å². The quantitative estimate of drug-likeness (QED) is 0.470. The summed E-state index contributed by atoms with van der Waals surface area (Å²) in [6.07, 6.45) is 0. The van der Waals surface area contributed by atoms with Crippen molar-refractivity contribution in [3.63, 3.8) is 0 Å². The number of carbonyl (C=O) groups is 2. The van der Waals surface area contributed by atoms with Crippen LogP contribution < -0.4 is 19.5 Å². The molecule has 176 valence electrons. The molecule has 7 nitrogen and oxygen atoms in total. The van der Waals surface area contributed by atoms with Crippen LogP contribution in [0.4, 0.5) is 5.69 Å². The van der Waals surface area contributed by atoms with E-state index in [0.29, 0.717) is 16.5 Å². The molecule has 1 N–H and O–H groups in total. The summed E-state index contributed by atoms with van der Waals surface area (Å²) in [6.45, 7) is -0.181. The van der Waals surface area contributed by atoms with Gasteiger partial charge in [0.05, 0.1) is 32.9 Å². The first-order valence-corrected chi connectivity index (χ1v) is 11.5. The zero-order valence-corrected chi connectivity index (χ0v) is 21.1. The first kappa shape index (κ1) is 23.9. The number of rotatable bonds is 5. The summed E-state index contributed by atoms with van der Waals surface area (Å²) in [6, 6.07) is 15.4. The van der Waals surface area contributed by atoms with Crippen LogP contribution in [0.5, 0.6) is 17.2 Å². The van der Waals surface area contributed by atoms with Gasteiger partial charge in [-0.2, -0.15) is 0 Å². The molecule has 0 saturated carbocycles. The van der Waals surface area contributed by atoms with E-state index < -0.39 is 11.9 Å². The summed E-state index contributed by atoms with van der Waals surface area (Å²) in [7, 11) is 4.42. The summed E-state index contributed by atoms with van der Waals surface area (Å²) < 4.78 is 17.2. The summed E-state index contributed by atoms with van der Waals surface area (Å²) in [5.41, 5.74) is 2.36. The van der Waals surface area contributed by atoms with Gasteiger partial charge in [-0.3, -0.25) is 9.59 Å². The second-order valence-corrected chi connectivity index (χ2v) is 8.90. The first-order chi connectivity index (χ1) is 16.4. The molecule has 0 aliphatic carbocycles. The summed E-state index contributed by atoms with van der Waals surface area (Å²) in [5.74, 6) is 0.199. The van der Waals surface area contributed by atoms with Gasteiger partial charge < -0.3 is 24.4 Å². The molecule has 1 aliphatic rings. The Bertz CT molecular complexity index is 1270. The van der Waals surface area contributed by atoms with Crippen LogP contribution in [0.15, 0.2) is 59.1 Å². The predicted molar refractivity (Wildman–Crippen MR) is 133 cm³/mol. The lowest BCUT2D eigenvalue weighted by Crippen LogP contribution is -2.39. The topological polar surface area (TPSA) is 77.1 Å². The van der Waals surface area contributed by atoms with Crippen LogP contribution >= 0.6 is 27.5 Å². The summed E-state index contributed by atoms with van der Waals surface area (Å²) in [5, 5.41) is 3.43. The van der Waals surface area contributed by atoms with Gasteiger partial charge in [-0.05, 0) is 48.0 Å². The lowest BCUT2D eigenvalue weighted by atomic mass is 9.95. The maximum absolute atomic E-state index is 14.0. The number of nitrogens with zero attached hydrogens (tertiary/aromatic N) is 1. The van der Waals surface area contributed by atoms with Crippen molar-refractivity contribution in [3.05, 3.63) is 80.8 Å². The smallest absolute Gasteiger partial charge is 0.259 e. The highest BCUT2D eigenvalue weighted by atomic mass is 79.9. The van der Waals surface area contributed by atoms with Gasteiger partial charge in [-0.1, -0.05) is 39.7 Å². The molecule has 2 amide bonds. The molecule has 3 aromatic carbocycles. The number of fused-ring (bicyclic) bond motifs is 1. The Labute approximate surface area is 210 Å². The number of carbonyl (C=O) groups excluding carboxylic acids is 2. The molecule has 3 aromatic rings. The van der Waals surface area contributed by atoms with Crippen LogP contribution in [0.3, 0.4) is 0 Å². The van der Waals surface area contributed by atoms with Crippen molar-refractivity contribution in [1.29, 1.82) is 0 Å². The number of hydrogen-bond donors (Lipinski definition) is 1. The minimum atomic E-state index is -0.601. The Hall–Kier alpha value is -3.23. The Kier molecular flexibility index (Phi) is 7.00. The van der Waals surface area contributed by atoms with Crippen LogP contribution in [-0.2, 0) is 4.79 Å². The molecule has 4 rings (SSSR count). The number of benzene rings is 3. The highest BCUT2D eigenvalue weighted by molar-refractivity contribution is 9.10. The fourth-order valence-corrected chi connectivity index (χ4v) is 4.70. The van der Waals surface area contributed by atoms with Crippen LogP contribution in [-0.4, -0.2) is 44.6 Å². The zero-order chi connectivity index (χ0) is 24.4. The van der Waals surface area contributed by atoms with Gasteiger partial charge in [0.25, 0.3) is 5.91 Å². The number of methoxy groups -OCH3 is 3. The van der Waals surface area contributed by atoms with Gasteiger partial charge in [-0.25, -0.2) is 0 Å². The van der Waals surface area contributed by atoms with Crippen molar-refractivity contribution < 1.29 is 23.8 Å². The molecule has 0 spiro atoms. The number of halogens is 2. The van der Waals surface area contributed by atoms with Crippen LogP contribution in [0, 0.1) is 0 Å². The third-order valence-corrected chi connectivity index (χ3v) is 6.30. The molecular formula is C25H22BrClN2O5. The zero-order valence-electron chi connectivity index (χ0n) is 18.7. The second-order valence-electron chi connectivity index (χ2n) is 7.55. The summed E-state index contributed by atoms with van der Waals surface area (Å²) >= 11 is 9.82. The maximum Gasteiger partial charge on any atom is 0.259 e. The number of nitrogens with one attached hydrogen (secondary N) is 1. The van der Waals surface area contributed by atoms with Crippen molar-refractivity contribution >= 4 is 45.0 Å². The van der Waals surface area contributed by atoms with E-state index in [4.69, 9.17) is 25.8 Å². The first-order valence-electron chi connectivity index (χ1n) is 10.3. The number of anilines is 1. The Morgan fingerprint density at radius 2 is 1.79 bits per heavy atom. The minimum Gasteiger partial charge on any atom is -0.493 e. The molecule has 34 heavy (non-hydrogen) atoms. The number of hydrogen-bond acceptors (Lipinski definition) is 5. The number of amides is 2.